The molecule has 148 valence electrons. The molecule has 0 aliphatic carbocycles. The SMILES string of the molecule is CC1CCCCN1C(=O)COC(=O)c1cccc(OCc2ccc(F)cc2)c1. The van der Waals surface area contributed by atoms with Gasteiger partial charge in [-0.1, -0.05) is 18.2 Å². The number of amides is 1. The van der Waals surface area contributed by atoms with Crippen molar-refractivity contribution in [2.75, 3.05) is 13.2 Å². The van der Waals surface area contributed by atoms with Crippen molar-refractivity contribution in [2.24, 2.45) is 0 Å². The Hall–Kier alpha value is -2.89. The van der Waals surface area contributed by atoms with E-state index in [-0.39, 0.29) is 31.0 Å². The van der Waals surface area contributed by atoms with E-state index in [9.17, 15) is 14.0 Å². The van der Waals surface area contributed by atoms with E-state index in [0.717, 1.165) is 24.8 Å². The summed E-state index contributed by atoms with van der Waals surface area (Å²) in [7, 11) is 0. The molecule has 1 saturated heterocycles. The van der Waals surface area contributed by atoms with Crippen molar-refractivity contribution in [1.82, 2.24) is 4.90 Å². The third kappa shape index (κ3) is 5.31. The normalized spacial score (nSPS) is 16.5. The van der Waals surface area contributed by atoms with Crippen molar-refractivity contribution in [3.05, 3.63) is 65.5 Å². The number of ether oxygens (including phenoxy) is 2. The molecule has 6 heteroatoms. The number of hydrogen-bond donors (Lipinski definition) is 0. The highest BCUT2D eigenvalue weighted by atomic mass is 19.1. The minimum atomic E-state index is -0.565. The van der Waals surface area contributed by atoms with Crippen LogP contribution in [0.15, 0.2) is 48.5 Å². The lowest BCUT2D eigenvalue weighted by molar-refractivity contribution is -0.137. The highest BCUT2D eigenvalue weighted by molar-refractivity contribution is 5.91. The van der Waals surface area contributed by atoms with Gasteiger partial charge < -0.3 is 14.4 Å². The van der Waals surface area contributed by atoms with E-state index < -0.39 is 5.97 Å². The molecule has 5 nitrogen and oxygen atoms in total. The molecule has 2 aromatic rings. The Morgan fingerprint density at radius 3 is 2.68 bits per heavy atom. The summed E-state index contributed by atoms with van der Waals surface area (Å²) in [6, 6.07) is 12.8. The van der Waals surface area contributed by atoms with Gasteiger partial charge in [0.25, 0.3) is 5.91 Å². The fourth-order valence-electron chi connectivity index (χ4n) is 3.22. The molecule has 0 N–H and O–H groups in total. The average molecular weight is 385 g/mol. The number of halogens is 1. The number of nitrogens with zero attached hydrogens (tertiary/aromatic N) is 1. The maximum absolute atomic E-state index is 12.9. The topological polar surface area (TPSA) is 55.8 Å². The van der Waals surface area contributed by atoms with Gasteiger partial charge in [-0.3, -0.25) is 4.79 Å². The van der Waals surface area contributed by atoms with Crippen LogP contribution in [-0.4, -0.2) is 36.0 Å². The Morgan fingerprint density at radius 2 is 1.93 bits per heavy atom. The van der Waals surface area contributed by atoms with Crippen LogP contribution in [0.2, 0.25) is 0 Å². The molecule has 0 saturated carbocycles. The van der Waals surface area contributed by atoms with Crippen molar-refractivity contribution in [2.45, 2.75) is 38.8 Å². The van der Waals surface area contributed by atoms with Gasteiger partial charge in [-0.2, -0.15) is 0 Å². The predicted molar refractivity (Wildman–Crippen MR) is 102 cm³/mol. The second-order valence-corrected chi connectivity index (χ2v) is 6.95. The molecular weight excluding hydrogens is 361 g/mol. The first kappa shape index (κ1) is 19.9. The molecule has 1 atom stereocenters. The lowest BCUT2D eigenvalue weighted by atomic mass is 10.0. The molecule has 2 aromatic carbocycles. The Kier molecular flexibility index (Phi) is 6.63. The Labute approximate surface area is 164 Å². The number of rotatable bonds is 6. The smallest absolute Gasteiger partial charge is 0.338 e. The molecule has 1 aliphatic heterocycles. The van der Waals surface area contributed by atoms with Crippen LogP contribution in [0.3, 0.4) is 0 Å². The van der Waals surface area contributed by atoms with E-state index in [1.54, 1.807) is 41.3 Å². The van der Waals surface area contributed by atoms with Gasteiger partial charge >= 0.3 is 5.97 Å². The van der Waals surface area contributed by atoms with Gasteiger partial charge in [0.05, 0.1) is 5.56 Å². The number of piperidine rings is 1. The van der Waals surface area contributed by atoms with E-state index in [1.807, 2.05) is 6.92 Å². The zero-order valence-corrected chi connectivity index (χ0v) is 15.9. The van der Waals surface area contributed by atoms with Crippen LogP contribution >= 0.6 is 0 Å². The first-order valence-electron chi connectivity index (χ1n) is 9.47. The minimum Gasteiger partial charge on any atom is -0.489 e. The van der Waals surface area contributed by atoms with Crippen LogP contribution in [0.25, 0.3) is 0 Å². The fraction of sp³-hybridized carbons (Fsp3) is 0.364. The van der Waals surface area contributed by atoms with Crippen LogP contribution in [-0.2, 0) is 16.1 Å². The molecule has 0 spiro atoms. The Balaban J connectivity index is 1.53. The number of carbonyl (C=O) groups excluding carboxylic acids is 2. The summed E-state index contributed by atoms with van der Waals surface area (Å²) in [6.07, 6.45) is 3.08. The average Bonchev–Trinajstić information content (AvgIpc) is 2.72. The molecule has 3 rings (SSSR count). The molecule has 1 heterocycles. The van der Waals surface area contributed by atoms with Crippen molar-refractivity contribution in [1.29, 1.82) is 0 Å². The highest BCUT2D eigenvalue weighted by Gasteiger charge is 2.24. The standard InChI is InChI=1S/C22H24FNO4/c1-16-5-2-3-12-24(16)21(25)15-28-22(26)18-6-4-7-20(13-18)27-14-17-8-10-19(23)11-9-17/h4,6-11,13,16H,2-3,5,12,14-15H2,1H3. The first-order chi connectivity index (χ1) is 13.5. The van der Waals surface area contributed by atoms with Crippen LogP contribution in [0.4, 0.5) is 4.39 Å². The van der Waals surface area contributed by atoms with Crippen molar-refractivity contribution < 1.29 is 23.5 Å². The Morgan fingerprint density at radius 1 is 1.14 bits per heavy atom. The van der Waals surface area contributed by atoms with Gasteiger partial charge in [0, 0.05) is 12.6 Å². The van der Waals surface area contributed by atoms with Gasteiger partial charge in [-0.15, -0.1) is 0 Å². The third-order valence-electron chi connectivity index (χ3n) is 4.84. The molecular formula is C22H24FNO4. The van der Waals surface area contributed by atoms with E-state index in [4.69, 9.17) is 9.47 Å². The number of hydrogen-bond acceptors (Lipinski definition) is 4. The number of esters is 1. The molecule has 1 aliphatic rings. The summed E-state index contributed by atoms with van der Waals surface area (Å²) in [4.78, 5) is 26.4. The molecule has 1 unspecified atom stereocenters. The molecule has 0 radical (unpaired) electrons. The van der Waals surface area contributed by atoms with Crippen molar-refractivity contribution in [3.63, 3.8) is 0 Å². The molecule has 28 heavy (non-hydrogen) atoms. The van der Waals surface area contributed by atoms with Crippen molar-refractivity contribution in [3.8, 4) is 5.75 Å². The molecule has 1 amide bonds. The van der Waals surface area contributed by atoms with Gasteiger partial charge in [-0.05, 0) is 62.1 Å². The molecule has 0 bridgehead atoms. The van der Waals surface area contributed by atoms with Crippen LogP contribution in [0, 0.1) is 5.82 Å². The first-order valence-corrected chi connectivity index (χ1v) is 9.47. The lowest BCUT2D eigenvalue weighted by Crippen LogP contribution is -2.44. The van der Waals surface area contributed by atoms with Gasteiger partial charge in [0.15, 0.2) is 6.61 Å². The number of likely N-dealkylation sites (tertiary alicyclic amines) is 1. The zero-order valence-electron chi connectivity index (χ0n) is 15.9. The summed E-state index contributed by atoms with van der Waals surface area (Å²) >= 11 is 0. The van der Waals surface area contributed by atoms with E-state index in [1.165, 1.54) is 12.1 Å². The lowest BCUT2D eigenvalue weighted by Gasteiger charge is -2.33. The van der Waals surface area contributed by atoms with Gasteiger partial charge in [-0.25, -0.2) is 9.18 Å². The monoisotopic (exact) mass is 385 g/mol. The van der Waals surface area contributed by atoms with Crippen molar-refractivity contribution >= 4 is 11.9 Å². The quantitative estimate of drug-likeness (QED) is 0.707. The molecule has 0 aromatic heterocycles. The fourth-order valence-corrected chi connectivity index (χ4v) is 3.22. The largest absolute Gasteiger partial charge is 0.489 e. The Bertz CT molecular complexity index is 822. The van der Waals surface area contributed by atoms with Crippen LogP contribution < -0.4 is 4.74 Å². The maximum atomic E-state index is 12.9. The third-order valence-corrected chi connectivity index (χ3v) is 4.84. The van der Waals surface area contributed by atoms with E-state index in [2.05, 4.69) is 0 Å². The van der Waals surface area contributed by atoms with E-state index >= 15 is 0 Å². The second-order valence-electron chi connectivity index (χ2n) is 6.95. The number of benzene rings is 2. The van der Waals surface area contributed by atoms with Crippen LogP contribution in [0.1, 0.15) is 42.1 Å². The highest BCUT2D eigenvalue weighted by Crippen LogP contribution is 2.18. The van der Waals surface area contributed by atoms with E-state index in [0.29, 0.717) is 17.9 Å². The van der Waals surface area contributed by atoms with Gasteiger partial charge in [0.1, 0.15) is 18.2 Å². The summed E-state index contributed by atoms with van der Waals surface area (Å²) in [5.74, 6) is -0.536. The molecule has 1 fully saturated rings. The summed E-state index contributed by atoms with van der Waals surface area (Å²) in [5, 5.41) is 0. The summed E-state index contributed by atoms with van der Waals surface area (Å²) in [6.45, 7) is 2.72. The van der Waals surface area contributed by atoms with Gasteiger partial charge in [0.2, 0.25) is 0 Å². The summed E-state index contributed by atoms with van der Waals surface area (Å²) in [5.41, 5.74) is 1.13. The number of carbonyl (C=O) groups is 2. The second kappa shape index (κ2) is 9.35. The predicted octanol–water partition coefficient (Wildman–Crippen LogP) is 3.96. The maximum Gasteiger partial charge on any atom is 0.338 e. The minimum absolute atomic E-state index is 0.163. The van der Waals surface area contributed by atoms with Crippen LogP contribution in [0.5, 0.6) is 5.75 Å². The zero-order chi connectivity index (χ0) is 19.9. The summed E-state index contributed by atoms with van der Waals surface area (Å²) < 4.78 is 23.8.